The summed E-state index contributed by atoms with van der Waals surface area (Å²) in [6.45, 7) is 7.82. The number of H-pyrrole nitrogens is 1. The molecule has 1 aliphatic rings. The Kier molecular flexibility index (Phi) is 2.71. The quantitative estimate of drug-likeness (QED) is 0.651. The highest BCUT2D eigenvalue weighted by atomic mass is 16.1. The number of rotatable bonds is 1. The zero-order chi connectivity index (χ0) is 11.8. The Morgan fingerprint density at radius 2 is 2.12 bits per heavy atom. The number of fused-ring (bicyclic) bond motifs is 1. The largest absolute Gasteiger partial charge is 0.365 e. The zero-order valence-corrected chi connectivity index (χ0v) is 9.98. The smallest absolute Gasteiger partial charge is 0.347 e. The maximum absolute atomic E-state index is 11.4. The predicted molar refractivity (Wildman–Crippen MR) is 63.6 cm³/mol. The van der Waals surface area contributed by atoms with E-state index in [1.807, 2.05) is 0 Å². The first-order chi connectivity index (χ1) is 7.46. The third-order valence-corrected chi connectivity index (χ3v) is 2.47. The van der Waals surface area contributed by atoms with Crippen molar-refractivity contribution in [1.29, 1.82) is 0 Å². The maximum atomic E-state index is 11.4. The van der Waals surface area contributed by atoms with Crippen molar-refractivity contribution in [3.8, 4) is 0 Å². The molecule has 0 saturated carbocycles. The van der Waals surface area contributed by atoms with E-state index < -0.39 is 0 Å². The van der Waals surface area contributed by atoms with Gasteiger partial charge in [0.05, 0.1) is 0 Å². The topological polar surface area (TPSA) is 69.8 Å². The Hall–Kier alpha value is -1.36. The first kappa shape index (κ1) is 11.1. The summed E-state index contributed by atoms with van der Waals surface area (Å²) in [6.07, 6.45) is 0.900. The van der Waals surface area contributed by atoms with Crippen LogP contribution in [0.1, 0.15) is 32.0 Å². The Bertz CT molecular complexity index is 444. The summed E-state index contributed by atoms with van der Waals surface area (Å²) >= 11 is 0. The Morgan fingerprint density at radius 3 is 2.81 bits per heavy atom. The number of hydrogen-bond donors (Lipinski definition) is 3. The molecule has 0 unspecified atom stereocenters. The zero-order valence-electron chi connectivity index (χ0n) is 9.98. The van der Waals surface area contributed by atoms with Crippen molar-refractivity contribution in [2.45, 2.75) is 39.3 Å². The van der Waals surface area contributed by atoms with Crippen LogP contribution in [0.5, 0.6) is 0 Å². The van der Waals surface area contributed by atoms with Crippen LogP contribution >= 0.6 is 0 Å². The lowest BCUT2D eigenvalue weighted by molar-refractivity contribution is 0.602. The van der Waals surface area contributed by atoms with Crippen LogP contribution in [0.15, 0.2) is 4.79 Å². The number of anilines is 1. The summed E-state index contributed by atoms with van der Waals surface area (Å²) < 4.78 is 0. The van der Waals surface area contributed by atoms with Gasteiger partial charge < -0.3 is 15.6 Å². The normalized spacial score (nSPS) is 15.7. The van der Waals surface area contributed by atoms with Crippen LogP contribution in [0, 0.1) is 0 Å². The molecule has 1 aliphatic heterocycles. The van der Waals surface area contributed by atoms with Gasteiger partial charge in [-0.15, -0.1) is 0 Å². The monoisotopic (exact) mass is 222 g/mol. The van der Waals surface area contributed by atoms with Gasteiger partial charge in [-0.25, -0.2) is 4.79 Å². The van der Waals surface area contributed by atoms with Gasteiger partial charge in [0.2, 0.25) is 0 Å². The summed E-state index contributed by atoms with van der Waals surface area (Å²) in [4.78, 5) is 18.2. The molecule has 0 radical (unpaired) electrons. The van der Waals surface area contributed by atoms with Crippen molar-refractivity contribution in [2.75, 3.05) is 11.9 Å². The van der Waals surface area contributed by atoms with E-state index in [4.69, 9.17) is 0 Å². The van der Waals surface area contributed by atoms with Gasteiger partial charge in [-0.1, -0.05) is 0 Å². The van der Waals surface area contributed by atoms with E-state index in [0.29, 0.717) is 6.54 Å². The fourth-order valence-electron chi connectivity index (χ4n) is 1.85. The lowest BCUT2D eigenvalue weighted by atomic mass is 10.0. The second kappa shape index (κ2) is 3.90. The third-order valence-electron chi connectivity index (χ3n) is 2.47. The van der Waals surface area contributed by atoms with Crippen molar-refractivity contribution in [2.24, 2.45) is 0 Å². The Balaban J connectivity index is 2.43. The molecule has 0 amide bonds. The number of hydrogen-bond acceptors (Lipinski definition) is 4. The molecule has 2 heterocycles. The van der Waals surface area contributed by atoms with E-state index in [0.717, 1.165) is 30.0 Å². The number of nitrogens with one attached hydrogen (secondary N) is 3. The van der Waals surface area contributed by atoms with Crippen molar-refractivity contribution < 1.29 is 0 Å². The van der Waals surface area contributed by atoms with Gasteiger partial charge in [-0.2, -0.15) is 4.98 Å². The third kappa shape index (κ3) is 2.41. The van der Waals surface area contributed by atoms with Gasteiger partial charge in [-0.3, -0.25) is 0 Å². The van der Waals surface area contributed by atoms with Gasteiger partial charge in [0.15, 0.2) is 0 Å². The van der Waals surface area contributed by atoms with Crippen LogP contribution < -0.4 is 16.3 Å². The molecule has 3 N–H and O–H groups in total. The SMILES string of the molecule is CC(C)(C)Nc1nc(=O)[nH]c2c1CCNC2. The van der Waals surface area contributed by atoms with Crippen LogP contribution in [-0.2, 0) is 13.0 Å². The molecular formula is C11H18N4O. The molecule has 0 aliphatic carbocycles. The first-order valence-corrected chi connectivity index (χ1v) is 5.57. The van der Waals surface area contributed by atoms with Crippen LogP contribution in [-0.4, -0.2) is 22.1 Å². The van der Waals surface area contributed by atoms with E-state index in [1.54, 1.807) is 0 Å². The van der Waals surface area contributed by atoms with E-state index in [9.17, 15) is 4.79 Å². The molecule has 0 fully saturated rings. The average molecular weight is 222 g/mol. The van der Waals surface area contributed by atoms with Crippen LogP contribution in [0.2, 0.25) is 0 Å². The fraction of sp³-hybridized carbons (Fsp3) is 0.636. The first-order valence-electron chi connectivity index (χ1n) is 5.57. The van der Waals surface area contributed by atoms with Crippen LogP contribution in [0.25, 0.3) is 0 Å². The van der Waals surface area contributed by atoms with Crippen LogP contribution in [0.3, 0.4) is 0 Å². The minimum absolute atomic E-state index is 0.0839. The lowest BCUT2D eigenvalue weighted by Crippen LogP contribution is -2.34. The van der Waals surface area contributed by atoms with Crippen molar-refractivity contribution >= 4 is 5.82 Å². The molecule has 88 valence electrons. The summed E-state index contributed by atoms with van der Waals surface area (Å²) in [5, 5.41) is 6.52. The predicted octanol–water partition coefficient (Wildman–Crippen LogP) is 0.626. The minimum atomic E-state index is -0.283. The molecule has 1 aromatic heterocycles. The molecule has 16 heavy (non-hydrogen) atoms. The van der Waals surface area contributed by atoms with E-state index in [2.05, 4.69) is 41.4 Å². The Labute approximate surface area is 94.7 Å². The fourth-order valence-corrected chi connectivity index (χ4v) is 1.85. The summed E-state index contributed by atoms with van der Waals surface area (Å²) in [5.41, 5.74) is 1.72. The highest BCUT2D eigenvalue weighted by molar-refractivity contribution is 5.48. The highest BCUT2D eigenvalue weighted by Gasteiger charge is 2.19. The molecule has 0 atom stereocenters. The van der Waals surface area contributed by atoms with Gasteiger partial charge in [0.1, 0.15) is 5.82 Å². The highest BCUT2D eigenvalue weighted by Crippen LogP contribution is 2.20. The second-order valence-corrected chi connectivity index (χ2v) is 5.15. The summed E-state index contributed by atoms with van der Waals surface area (Å²) in [6, 6.07) is 0. The minimum Gasteiger partial charge on any atom is -0.365 e. The standard InChI is InChI=1S/C11H18N4O/c1-11(2,3)15-9-7-4-5-12-6-8(7)13-10(16)14-9/h12H,4-6H2,1-3H3,(H2,13,14,15,16). The number of aromatic nitrogens is 2. The lowest BCUT2D eigenvalue weighted by Gasteiger charge is -2.25. The summed E-state index contributed by atoms with van der Waals surface area (Å²) in [5.74, 6) is 0.729. The second-order valence-electron chi connectivity index (χ2n) is 5.15. The molecule has 0 bridgehead atoms. The van der Waals surface area contributed by atoms with Gasteiger partial charge in [-0.05, 0) is 33.7 Å². The van der Waals surface area contributed by atoms with E-state index >= 15 is 0 Å². The van der Waals surface area contributed by atoms with E-state index in [-0.39, 0.29) is 11.2 Å². The number of nitrogens with zero attached hydrogens (tertiary/aromatic N) is 1. The summed E-state index contributed by atoms with van der Waals surface area (Å²) in [7, 11) is 0. The van der Waals surface area contributed by atoms with Crippen molar-refractivity contribution in [3.05, 3.63) is 21.7 Å². The van der Waals surface area contributed by atoms with E-state index in [1.165, 1.54) is 0 Å². The van der Waals surface area contributed by atoms with Gasteiger partial charge in [0.25, 0.3) is 0 Å². The molecule has 2 rings (SSSR count). The van der Waals surface area contributed by atoms with Gasteiger partial charge in [0, 0.05) is 23.3 Å². The average Bonchev–Trinajstić information content (AvgIpc) is 2.14. The molecule has 5 heteroatoms. The van der Waals surface area contributed by atoms with Gasteiger partial charge >= 0.3 is 5.69 Å². The van der Waals surface area contributed by atoms with Crippen molar-refractivity contribution in [3.63, 3.8) is 0 Å². The number of aromatic amines is 1. The molecular weight excluding hydrogens is 204 g/mol. The molecule has 0 aromatic carbocycles. The molecule has 5 nitrogen and oxygen atoms in total. The molecule has 0 saturated heterocycles. The molecule has 1 aromatic rings. The molecule has 0 spiro atoms. The maximum Gasteiger partial charge on any atom is 0.347 e. The van der Waals surface area contributed by atoms with Crippen molar-refractivity contribution in [1.82, 2.24) is 15.3 Å². The van der Waals surface area contributed by atoms with Crippen LogP contribution in [0.4, 0.5) is 5.82 Å². The Morgan fingerprint density at radius 1 is 1.38 bits per heavy atom.